The quantitative estimate of drug-likeness (QED) is 0.932. The first kappa shape index (κ1) is 13.7. The normalized spacial score (nSPS) is 12.2. The lowest BCUT2D eigenvalue weighted by Crippen LogP contribution is -2.23. The lowest BCUT2D eigenvalue weighted by molar-refractivity contribution is -0.119. The summed E-state index contributed by atoms with van der Waals surface area (Å²) in [5.41, 5.74) is 7.20. The predicted octanol–water partition coefficient (Wildman–Crippen LogP) is 3.29. The fraction of sp³-hybridized carbons (Fsp3) is 0.133. The number of halogens is 2. The minimum absolute atomic E-state index is 0.0450. The number of Topliss-reactive ketones (excluding diaryl/α,β-unsaturated/α-hetero) is 1. The van der Waals surface area contributed by atoms with Crippen LogP contribution in [0.5, 0.6) is 0 Å². The van der Waals surface area contributed by atoms with Crippen LogP contribution in [-0.2, 0) is 11.2 Å². The van der Waals surface area contributed by atoms with Crippen LogP contribution >= 0.6 is 11.6 Å². The molecule has 0 aliphatic rings. The van der Waals surface area contributed by atoms with E-state index in [9.17, 15) is 9.18 Å². The summed E-state index contributed by atoms with van der Waals surface area (Å²) in [6, 6.07) is 12.7. The van der Waals surface area contributed by atoms with Crippen molar-refractivity contribution in [3.63, 3.8) is 0 Å². The number of benzene rings is 2. The Labute approximate surface area is 116 Å². The molecule has 1 atom stereocenters. The number of hydrogen-bond donors (Lipinski definition) is 1. The van der Waals surface area contributed by atoms with E-state index in [4.69, 9.17) is 17.3 Å². The van der Waals surface area contributed by atoms with E-state index >= 15 is 0 Å². The first-order valence-electron chi connectivity index (χ1n) is 5.85. The molecule has 0 aliphatic carbocycles. The van der Waals surface area contributed by atoms with E-state index in [1.54, 1.807) is 18.2 Å². The van der Waals surface area contributed by atoms with Gasteiger partial charge in [0.1, 0.15) is 5.82 Å². The van der Waals surface area contributed by atoms with E-state index < -0.39 is 11.9 Å². The largest absolute Gasteiger partial charge is 0.318 e. The first-order chi connectivity index (χ1) is 9.08. The van der Waals surface area contributed by atoms with Crippen molar-refractivity contribution in [2.24, 2.45) is 5.73 Å². The fourth-order valence-electron chi connectivity index (χ4n) is 1.81. The average molecular weight is 278 g/mol. The molecule has 0 heterocycles. The van der Waals surface area contributed by atoms with Gasteiger partial charge < -0.3 is 5.73 Å². The molecule has 19 heavy (non-hydrogen) atoms. The second-order valence-electron chi connectivity index (χ2n) is 4.28. The monoisotopic (exact) mass is 277 g/mol. The van der Waals surface area contributed by atoms with Crippen molar-refractivity contribution in [3.8, 4) is 0 Å². The van der Waals surface area contributed by atoms with E-state index in [1.807, 2.05) is 18.2 Å². The smallest absolute Gasteiger partial charge is 0.158 e. The maximum absolute atomic E-state index is 13.3. The van der Waals surface area contributed by atoms with Gasteiger partial charge >= 0.3 is 0 Å². The van der Waals surface area contributed by atoms with E-state index in [2.05, 4.69) is 0 Å². The number of rotatable bonds is 4. The molecule has 0 saturated heterocycles. The van der Waals surface area contributed by atoms with Crippen molar-refractivity contribution in [2.45, 2.75) is 12.5 Å². The van der Waals surface area contributed by atoms with E-state index in [0.717, 1.165) is 5.56 Å². The Balaban J connectivity index is 2.10. The maximum Gasteiger partial charge on any atom is 0.158 e. The summed E-state index contributed by atoms with van der Waals surface area (Å²) in [5.74, 6) is -0.687. The molecule has 0 radical (unpaired) electrons. The summed E-state index contributed by atoms with van der Waals surface area (Å²) in [6.45, 7) is 0. The van der Waals surface area contributed by atoms with E-state index in [-0.39, 0.29) is 17.2 Å². The van der Waals surface area contributed by atoms with Gasteiger partial charge in [-0.3, -0.25) is 4.79 Å². The van der Waals surface area contributed by atoms with Crippen LogP contribution in [0.1, 0.15) is 17.2 Å². The minimum atomic E-state index is -0.695. The van der Waals surface area contributed by atoms with Crippen molar-refractivity contribution in [1.29, 1.82) is 0 Å². The Bertz CT molecular complexity index is 586. The van der Waals surface area contributed by atoms with Gasteiger partial charge in [0.05, 0.1) is 11.1 Å². The number of hydrogen-bond acceptors (Lipinski definition) is 2. The van der Waals surface area contributed by atoms with Crippen molar-refractivity contribution in [2.75, 3.05) is 0 Å². The summed E-state index contributed by atoms with van der Waals surface area (Å²) in [6.07, 6.45) is 0.0875. The van der Waals surface area contributed by atoms with Gasteiger partial charge in [-0.25, -0.2) is 4.39 Å². The number of nitrogens with two attached hydrogens (primary N) is 1. The topological polar surface area (TPSA) is 43.1 Å². The first-order valence-corrected chi connectivity index (χ1v) is 6.23. The molecule has 0 aliphatic heterocycles. The van der Waals surface area contributed by atoms with Gasteiger partial charge in [0.15, 0.2) is 5.78 Å². The second-order valence-corrected chi connectivity index (χ2v) is 4.69. The van der Waals surface area contributed by atoms with E-state index in [0.29, 0.717) is 5.56 Å². The van der Waals surface area contributed by atoms with Gasteiger partial charge in [0.25, 0.3) is 0 Å². The highest BCUT2D eigenvalue weighted by Gasteiger charge is 2.16. The summed E-state index contributed by atoms with van der Waals surface area (Å²) >= 11 is 5.59. The zero-order valence-corrected chi connectivity index (χ0v) is 10.9. The van der Waals surface area contributed by atoms with Gasteiger partial charge in [0.2, 0.25) is 0 Å². The molecule has 2 aromatic rings. The molecule has 2 aromatic carbocycles. The Kier molecular flexibility index (Phi) is 4.30. The van der Waals surface area contributed by atoms with Crippen molar-refractivity contribution < 1.29 is 9.18 Å². The second kappa shape index (κ2) is 5.95. The van der Waals surface area contributed by atoms with Crippen LogP contribution in [0.25, 0.3) is 0 Å². The summed E-state index contributed by atoms with van der Waals surface area (Å²) in [7, 11) is 0. The van der Waals surface area contributed by atoms with Gasteiger partial charge in [-0.15, -0.1) is 0 Å². The van der Waals surface area contributed by atoms with Crippen LogP contribution in [0.15, 0.2) is 48.5 Å². The van der Waals surface area contributed by atoms with Gasteiger partial charge in [-0.1, -0.05) is 48.0 Å². The van der Waals surface area contributed by atoms with Crippen molar-refractivity contribution in [1.82, 2.24) is 0 Å². The molecule has 2 N–H and O–H groups in total. The van der Waals surface area contributed by atoms with Gasteiger partial charge in [0, 0.05) is 6.42 Å². The molecule has 1 unspecified atom stereocenters. The molecular formula is C15H13ClFNO. The highest BCUT2D eigenvalue weighted by Crippen LogP contribution is 2.18. The Morgan fingerprint density at radius 2 is 1.89 bits per heavy atom. The Morgan fingerprint density at radius 1 is 1.21 bits per heavy atom. The third-order valence-corrected chi connectivity index (χ3v) is 3.17. The maximum atomic E-state index is 13.3. The van der Waals surface area contributed by atoms with Crippen LogP contribution in [-0.4, -0.2) is 5.78 Å². The van der Waals surface area contributed by atoms with E-state index in [1.165, 1.54) is 12.1 Å². The molecule has 0 spiro atoms. The average Bonchev–Trinajstić information content (AvgIpc) is 2.43. The molecular weight excluding hydrogens is 265 g/mol. The van der Waals surface area contributed by atoms with Crippen LogP contribution < -0.4 is 5.73 Å². The molecule has 0 saturated carbocycles. The van der Waals surface area contributed by atoms with Gasteiger partial charge in [-0.05, 0) is 23.3 Å². The lowest BCUT2D eigenvalue weighted by atomic mass is 9.98. The number of carbonyl (C=O) groups is 1. The molecule has 2 nitrogen and oxygen atoms in total. The van der Waals surface area contributed by atoms with Crippen LogP contribution in [0, 0.1) is 5.82 Å². The molecule has 98 valence electrons. The summed E-state index contributed by atoms with van der Waals surface area (Å²) in [5, 5.41) is 0.0450. The minimum Gasteiger partial charge on any atom is -0.318 e. The summed E-state index contributed by atoms with van der Waals surface area (Å²) in [4.78, 5) is 12.0. The molecule has 4 heteroatoms. The zero-order valence-electron chi connectivity index (χ0n) is 10.1. The zero-order chi connectivity index (χ0) is 13.8. The predicted molar refractivity (Wildman–Crippen MR) is 73.5 cm³/mol. The third-order valence-electron chi connectivity index (χ3n) is 2.87. The Morgan fingerprint density at radius 3 is 2.53 bits per heavy atom. The van der Waals surface area contributed by atoms with Crippen LogP contribution in [0.4, 0.5) is 4.39 Å². The molecule has 0 fully saturated rings. The standard InChI is InChI=1S/C15H13ClFNO/c16-12-7-6-10(8-13(12)17)9-14(19)15(18)11-4-2-1-3-5-11/h1-8,15H,9,18H2. The number of carbonyl (C=O) groups excluding carboxylic acids is 1. The number of ketones is 1. The van der Waals surface area contributed by atoms with Crippen molar-refractivity contribution in [3.05, 3.63) is 70.5 Å². The lowest BCUT2D eigenvalue weighted by Gasteiger charge is -2.11. The molecule has 0 aromatic heterocycles. The molecule has 0 amide bonds. The highest BCUT2D eigenvalue weighted by atomic mass is 35.5. The highest BCUT2D eigenvalue weighted by molar-refractivity contribution is 6.30. The third kappa shape index (κ3) is 3.40. The van der Waals surface area contributed by atoms with Crippen molar-refractivity contribution >= 4 is 17.4 Å². The fourth-order valence-corrected chi connectivity index (χ4v) is 1.92. The van der Waals surface area contributed by atoms with Crippen LogP contribution in [0.3, 0.4) is 0 Å². The summed E-state index contributed by atoms with van der Waals surface area (Å²) < 4.78 is 13.3. The SMILES string of the molecule is NC(C(=O)Cc1ccc(Cl)c(F)c1)c1ccccc1. The molecule has 0 bridgehead atoms. The van der Waals surface area contributed by atoms with Gasteiger partial charge in [-0.2, -0.15) is 0 Å². The van der Waals surface area contributed by atoms with Crippen LogP contribution in [0.2, 0.25) is 5.02 Å². The molecule has 2 rings (SSSR count). The Hall–Kier alpha value is -1.71.